The minimum atomic E-state index is -0.0309. The van der Waals surface area contributed by atoms with Crippen LogP contribution in [0.25, 0.3) is 0 Å². The van der Waals surface area contributed by atoms with Gasteiger partial charge < -0.3 is 16.0 Å². The van der Waals surface area contributed by atoms with Crippen molar-refractivity contribution in [1.82, 2.24) is 15.3 Å². The largest absolute Gasteiger partial charge is 0.370 e. The Morgan fingerprint density at radius 1 is 1.30 bits per heavy atom. The van der Waals surface area contributed by atoms with Gasteiger partial charge in [-0.25, -0.2) is 9.97 Å². The van der Waals surface area contributed by atoms with Crippen molar-refractivity contribution in [2.24, 2.45) is 0 Å². The first-order chi connectivity index (χ1) is 9.58. The Morgan fingerprint density at radius 2 is 1.95 bits per heavy atom. The molecule has 20 heavy (non-hydrogen) atoms. The lowest BCUT2D eigenvalue weighted by Crippen LogP contribution is -2.35. The van der Waals surface area contributed by atoms with Crippen LogP contribution >= 0.6 is 0 Å². The van der Waals surface area contributed by atoms with Gasteiger partial charge in [-0.1, -0.05) is 0 Å². The van der Waals surface area contributed by atoms with Gasteiger partial charge in [-0.15, -0.1) is 0 Å². The molecule has 1 aromatic rings. The second-order valence-electron chi connectivity index (χ2n) is 5.38. The lowest BCUT2D eigenvalue weighted by Gasteiger charge is -2.12. The molecule has 6 nitrogen and oxygen atoms in total. The van der Waals surface area contributed by atoms with Crippen LogP contribution in [-0.2, 0) is 4.79 Å². The average Bonchev–Trinajstić information content (AvgIpc) is 3.20. The fourth-order valence-corrected chi connectivity index (χ4v) is 1.90. The van der Waals surface area contributed by atoms with Crippen LogP contribution in [0.3, 0.4) is 0 Å². The lowest BCUT2D eigenvalue weighted by atomic mass is 10.3. The zero-order valence-corrected chi connectivity index (χ0v) is 12.4. The predicted molar refractivity (Wildman–Crippen MR) is 79.9 cm³/mol. The van der Waals surface area contributed by atoms with Gasteiger partial charge in [-0.2, -0.15) is 0 Å². The van der Waals surface area contributed by atoms with Crippen molar-refractivity contribution in [2.45, 2.75) is 45.6 Å². The molecule has 110 valence electrons. The number of nitrogens with one attached hydrogen (secondary N) is 3. The molecule has 1 saturated carbocycles. The third-order valence-corrected chi connectivity index (χ3v) is 2.92. The summed E-state index contributed by atoms with van der Waals surface area (Å²) in [4.78, 5) is 20.6. The minimum absolute atomic E-state index is 0.0309. The SMILES string of the molecule is CCNc1cc(NCC(=O)NC(C)C)nc(C2CC2)n1. The molecular weight excluding hydrogens is 254 g/mol. The number of anilines is 2. The normalized spacial score (nSPS) is 14.2. The summed E-state index contributed by atoms with van der Waals surface area (Å²) in [6.07, 6.45) is 2.31. The number of hydrogen-bond donors (Lipinski definition) is 3. The number of carbonyl (C=O) groups is 1. The number of nitrogens with zero attached hydrogens (tertiary/aromatic N) is 2. The van der Waals surface area contributed by atoms with E-state index in [-0.39, 0.29) is 18.5 Å². The van der Waals surface area contributed by atoms with Crippen molar-refractivity contribution in [2.75, 3.05) is 23.7 Å². The number of aromatic nitrogens is 2. The maximum Gasteiger partial charge on any atom is 0.239 e. The van der Waals surface area contributed by atoms with E-state index in [0.717, 1.165) is 31.0 Å². The Morgan fingerprint density at radius 3 is 2.50 bits per heavy atom. The van der Waals surface area contributed by atoms with Gasteiger partial charge in [0.05, 0.1) is 6.54 Å². The van der Waals surface area contributed by atoms with Crippen molar-refractivity contribution < 1.29 is 4.79 Å². The molecule has 0 bridgehead atoms. The Hall–Kier alpha value is -1.85. The summed E-state index contributed by atoms with van der Waals surface area (Å²) in [5.41, 5.74) is 0. The van der Waals surface area contributed by atoms with E-state index in [1.807, 2.05) is 26.8 Å². The van der Waals surface area contributed by atoms with Crippen LogP contribution in [-0.4, -0.2) is 35.0 Å². The molecule has 1 fully saturated rings. The Labute approximate surface area is 119 Å². The Bertz CT molecular complexity index is 471. The second-order valence-corrected chi connectivity index (χ2v) is 5.38. The third-order valence-electron chi connectivity index (χ3n) is 2.92. The molecule has 1 aliphatic carbocycles. The van der Waals surface area contributed by atoms with Gasteiger partial charge in [-0.05, 0) is 33.6 Å². The lowest BCUT2D eigenvalue weighted by molar-refractivity contribution is -0.119. The van der Waals surface area contributed by atoms with Crippen LogP contribution < -0.4 is 16.0 Å². The predicted octanol–water partition coefficient (Wildman–Crippen LogP) is 1.72. The summed E-state index contributed by atoms with van der Waals surface area (Å²) in [5, 5.41) is 9.11. The van der Waals surface area contributed by atoms with Crippen molar-refractivity contribution in [1.29, 1.82) is 0 Å². The molecule has 6 heteroatoms. The van der Waals surface area contributed by atoms with E-state index in [4.69, 9.17) is 0 Å². The Kier molecular flexibility index (Phi) is 4.76. The van der Waals surface area contributed by atoms with Crippen molar-refractivity contribution in [3.63, 3.8) is 0 Å². The summed E-state index contributed by atoms with van der Waals surface area (Å²) in [6.45, 7) is 6.95. The van der Waals surface area contributed by atoms with Gasteiger partial charge in [0.2, 0.25) is 5.91 Å². The van der Waals surface area contributed by atoms with E-state index in [1.165, 1.54) is 0 Å². The first kappa shape index (κ1) is 14.6. The smallest absolute Gasteiger partial charge is 0.239 e. The van der Waals surface area contributed by atoms with Crippen LogP contribution in [0.2, 0.25) is 0 Å². The second kappa shape index (κ2) is 6.54. The summed E-state index contributed by atoms with van der Waals surface area (Å²) in [7, 11) is 0. The van der Waals surface area contributed by atoms with Gasteiger partial charge in [0, 0.05) is 24.6 Å². The topological polar surface area (TPSA) is 78.9 Å². The zero-order valence-electron chi connectivity index (χ0n) is 12.4. The first-order valence-electron chi connectivity index (χ1n) is 7.24. The highest BCUT2D eigenvalue weighted by Gasteiger charge is 2.27. The van der Waals surface area contributed by atoms with E-state index in [0.29, 0.717) is 11.7 Å². The summed E-state index contributed by atoms with van der Waals surface area (Å²) in [6, 6.07) is 1.99. The molecule has 1 aromatic heterocycles. The van der Waals surface area contributed by atoms with E-state index >= 15 is 0 Å². The first-order valence-corrected chi connectivity index (χ1v) is 7.24. The molecule has 1 amide bonds. The zero-order chi connectivity index (χ0) is 14.5. The van der Waals surface area contributed by atoms with Crippen molar-refractivity contribution >= 4 is 17.5 Å². The highest BCUT2D eigenvalue weighted by molar-refractivity contribution is 5.80. The van der Waals surface area contributed by atoms with E-state index in [2.05, 4.69) is 25.9 Å². The number of carbonyl (C=O) groups excluding carboxylic acids is 1. The maximum absolute atomic E-state index is 11.6. The summed E-state index contributed by atoms with van der Waals surface area (Å²) >= 11 is 0. The van der Waals surface area contributed by atoms with E-state index < -0.39 is 0 Å². The molecule has 0 spiro atoms. The van der Waals surface area contributed by atoms with E-state index in [9.17, 15) is 4.79 Å². The van der Waals surface area contributed by atoms with Crippen LogP contribution in [0.4, 0.5) is 11.6 Å². The molecule has 1 heterocycles. The van der Waals surface area contributed by atoms with Gasteiger partial charge in [0.15, 0.2) is 0 Å². The van der Waals surface area contributed by atoms with Crippen LogP contribution in [0.1, 0.15) is 45.4 Å². The average molecular weight is 277 g/mol. The molecule has 0 radical (unpaired) electrons. The van der Waals surface area contributed by atoms with Crippen LogP contribution in [0, 0.1) is 0 Å². The molecule has 1 aliphatic rings. The van der Waals surface area contributed by atoms with Gasteiger partial charge in [0.25, 0.3) is 0 Å². The van der Waals surface area contributed by atoms with Gasteiger partial charge >= 0.3 is 0 Å². The maximum atomic E-state index is 11.6. The molecule has 0 unspecified atom stereocenters. The number of hydrogen-bond acceptors (Lipinski definition) is 5. The van der Waals surface area contributed by atoms with E-state index in [1.54, 1.807) is 0 Å². The molecule has 0 atom stereocenters. The molecular formula is C14H23N5O. The number of rotatable bonds is 7. The van der Waals surface area contributed by atoms with Crippen molar-refractivity contribution in [3.05, 3.63) is 11.9 Å². The summed E-state index contributed by atoms with van der Waals surface area (Å²) in [5.74, 6) is 2.85. The van der Waals surface area contributed by atoms with Crippen molar-refractivity contribution in [3.8, 4) is 0 Å². The van der Waals surface area contributed by atoms with Crippen LogP contribution in [0.5, 0.6) is 0 Å². The minimum Gasteiger partial charge on any atom is -0.370 e. The van der Waals surface area contributed by atoms with Gasteiger partial charge in [0.1, 0.15) is 17.5 Å². The Balaban J connectivity index is 2.00. The summed E-state index contributed by atoms with van der Waals surface area (Å²) < 4.78 is 0. The molecule has 0 saturated heterocycles. The quantitative estimate of drug-likeness (QED) is 0.707. The molecule has 3 N–H and O–H groups in total. The monoisotopic (exact) mass is 277 g/mol. The molecule has 2 rings (SSSR count). The standard InChI is InChI=1S/C14H23N5O/c1-4-15-11-7-12(16-8-13(20)17-9(2)3)19-14(18-11)10-5-6-10/h7,9-10H,4-6,8H2,1-3H3,(H,17,20)(H2,15,16,18,19). The molecule has 0 aliphatic heterocycles. The van der Waals surface area contributed by atoms with Crippen LogP contribution in [0.15, 0.2) is 6.07 Å². The highest BCUT2D eigenvalue weighted by atomic mass is 16.1. The highest BCUT2D eigenvalue weighted by Crippen LogP contribution is 2.38. The molecule has 0 aromatic carbocycles. The third kappa shape index (κ3) is 4.36. The fourth-order valence-electron chi connectivity index (χ4n) is 1.90. The number of amides is 1. The van der Waals surface area contributed by atoms with Gasteiger partial charge in [-0.3, -0.25) is 4.79 Å². The fraction of sp³-hybridized carbons (Fsp3) is 0.643.